The van der Waals surface area contributed by atoms with Crippen LogP contribution < -0.4 is 0 Å². The summed E-state index contributed by atoms with van der Waals surface area (Å²) in [7, 11) is -1.96. The minimum absolute atomic E-state index is 0.0755. The third kappa shape index (κ3) is 4.97. The van der Waals surface area contributed by atoms with Gasteiger partial charge in [0.05, 0.1) is 25.3 Å². The molecule has 1 N–H and O–H groups in total. The molecule has 0 radical (unpaired) electrons. The van der Waals surface area contributed by atoms with Gasteiger partial charge >= 0.3 is 6.09 Å². The lowest BCUT2D eigenvalue weighted by Crippen LogP contribution is -2.47. The SMILES string of the molecule is CC(C)(C)OC(=O)N1C[C@H](O[Si](C)(C)C(C)(C)C)[C@@H](O)C1. The van der Waals surface area contributed by atoms with E-state index in [0.29, 0.717) is 6.54 Å². The van der Waals surface area contributed by atoms with Gasteiger partial charge in [-0.3, -0.25) is 0 Å². The van der Waals surface area contributed by atoms with E-state index >= 15 is 0 Å². The number of β-amino-alcohol motifs (C(OH)–C–C–N with tert-alkyl or cyclic N) is 1. The molecule has 6 heteroatoms. The number of carbonyl (C=O) groups is 1. The smallest absolute Gasteiger partial charge is 0.410 e. The summed E-state index contributed by atoms with van der Waals surface area (Å²) in [5, 5.41) is 10.3. The van der Waals surface area contributed by atoms with Gasteiger partial charge in [0.25, 0.3) is 0 Å². The summed E-state index contributed by atoms with van der Waals surface area (Å²) in [4.78, 5) is 13.6. The van der Waals surface area contributed by atoms with Gasteiger partial charge < -0.3 is 19.2 Å². The zero-order valence-electron chi connectivity index (χ0n) is 14.7. The Morgan fingerprint density at radius 3 is 2.10 bits per heavy atom. The van der Waals surface area contributed by atoms with Gasteiger partial charge in [-0.25, -0.2) is 4.79 Å². The van der Waals surface area contributed by atoms with Crippen molar-refractivity contribution in [2.75, 3.05) is 13.1 Å². The lowest BCUT2D eigenvalue weighted by Gasteiger charge is -2.38. The number of carbonyl (C=O) groups excluding carboxylic acids is 1. The molecule has 1 rings (SSSR count). The van der Waals surface area contributed by atoms with E-state index in [0.717, 1.165) is 0 Å². The van der Waals surface area contributed by atoms with Crippen molar-refractivity contribution in [2.45, 2.75) is 77.5 Å². The second kappa shape index (κ2) is 5.89. The highest BCUT2D eigenvalue weighted by molar-refractivity contribution is 6.74. The number of hydrogen-bond acceptors (Lipinski definition) is 4. The van der Waals surface area contributed by atoms with Crippen molar-refractivity contribution in [3.05, 3.63) is 0 Å². The molecule has 0 aromatic rings. The first-order valence-electron chi connectivity index (χ1n) is 7.57. The average Bonchev–Trinajstić information content (AvgIpc) is 2.55. The van der Waals surface area contributed by atoms with Gasteiger partial charge in [0.2, 0.25) is 0 Å². The lowest BCUT2D eigenvalue weighted by atomic mass is 10.2. The van der Waals surface area contributed by atoms with E-state index in [1.165, 1.54) is 4.90 Å². The van der Waals surface area contributed by atoms with Crippen LogP contribution >= 0.6 is 0 Å². The van der Waals surface area contributed by atoms with Gasteiger partial charge in [0, 0.05) is 0 Å². The van der Waals surface area contributed by atoms with Crippen molar-refractivity contribution in [3.63, 3.8) is 0 Å². The van der Waals surface area contributed by atoms with Crippen molar-refractivity contribution < 1.29 is 19.1 Å². The number of ether oxygens (including phenoxy) is 1. The zero-order chi connectivity index (χ0) is 16.6. The molecule has 1 aliphatic rings. The Morgan fingerprint density at radius 1 is 1.14 bits per heavy atom. The maximum Gasteiger partial charge on any atom is 0.410 e. The van der Waals surface area contributed by atoms with E-state index in [1.807, 2.05) is 20.8 Å². The zero-order valence-corrected chi connectivity index (χ0v) is 15.7. The van der Waals surface area contributed by atoms with Crippen LogP contribution in [-0.4, -0.2) is 55.3 Å². The Labute approximate surface area is 129 Å². The molecule has 21 heavy (non-hydrogen) atoms. The second-order valence-corrected chi connectivity index (χ2v) is 13.1. The Bertz CT molecular complexity index is 384. The van der Waals surface area contributed by atoms with Crippen LogP contribution in [0.3, 0.4) is 0 Å². The summed E-state index contributed by atoms with van der Waals surface area (Å²) >= 11 is 0. The van der Waals surface area contributed by atoms with Crippen molar-refractivity contribution in [3.8, 4) is 0 Å². The van der Waals surface area contributed by atoms with Crippen molar-refractivity contribution in [2.24, 2.45) is 0 Å². The summed E-state index contributed by atoms with van der Waals surface area (Å²) < 4.78 is 11.6. The fraction of sp³-hybridized carbons (Fsp3) is 0.933. The maximum atomic E-state index is 12.1. The van der Waals surface area contributed by atoms with Crippen molar-refractivity contribution in [1.29, 1.82) is 0 Å². The van der Waals surface area contributed by atoms with Crippen molar-refractivity contribution in [1.82, 2.24) is 4.90 Å². The minimum atomic E-state index is -1.96. The van der Waals surface area contributed by atoms with Gasteiger partial charge in [-0.2, -0.15) is 0 Å². The van der Waals surface area contributed by atoms with Crippen LogP contribution in [-0.2, 0) is 9.16 Å². The number of hydrogen-bond donors (Lipinski definition) is 1. The molecular weight excluding hydrogens is 286 g/mol. The molecule has 0 spiro atoms. The van der Waals surface area contributed by atoms with Crippen LogP contribution in [0.5, 0.6) is 0 Å². The largest absolute Gasteiger partial charge is 0.444 e. The van der Waals surface area contributed by atoms with E-state index in [9.17, 15) is 9.90 Å². The van der Waals surface area contributed by atoms with Gasteiger partial charge in [0.15, 0.2) is 8.32 Å². The lowest BCUT2D eigenvalue weighted by molar-refractivity contribution is 0.0268. The Balaban J connectivity index is 2.67. The van der Waals surface area contributed by atoms with E-state index in [1.54, 1.807) is 0 Å². The Hall–Kier alpha value is -0.593. The summed E-state index contributed by atoms with van der Waals surface area (Å²) in [6, 6.07) is 0. The third-order valence-electron chi connectivity index (χ3n) is 4.14. The molecule has 5 nitrogen and oxygen atoms in total. The topological polar surface area (TPSA) is 59.0 Å². The van der Waals surface area contributed by atoms with Gasteiger partial charge in [-0.15, -0.1) is 0 Å². The molecule has 1 amide bonds. The molecular formula is C15H31NO4Si. The fourth-order valence-corrected chi connectivity index (χ4v) is 3.25. The molecule has 1 heterocycles. The van der Waals surface area contributed by atoms with E-state index in [2.05, 4.69) is 33.9 Å². The van der Waals surface area contributed by atoms with E-state index in [4.69, 9.17) is 9.16 Å². The third-order valence-corrected chi connectivity index (χ3v) is 8.65. The summed E-state index contributed by atoms with van der Waals surface area (Å²) in [5.74, 6) is 0. The van der Waals surface area contributed by atoms with E-state index in [-0.39, 0.29) is 23.8 Å². The molecule has 124 valence electrons. The first-order valence-corrected chi connectivity index (χ1v) is 10.5. The molecule has 1 aliphatic heterocycles. The van der Waals surface area contributed by atoms with E-state index < -0.39 is 20.0 Å². The van der Waals surface area contributed by atoms with Gasteiger partial charge in [0.1, 0.15) is 5.60 Å². The van der Waals surface area contributed by atoms with Crippen LogP contribution in [0.1, 0.15) is 41.5 Å². The van der Waals surface area contributed by atoms with Gasteiger partial charge in [-0.05, 0) is 38.9 Å². The minimum Gasteiger partial charge on any atom is -0.444 e. The second-order valence-electron chi connectivity index (χ2n) is 8.37. The molecule has 1 fully saturated rings. The highest BCUT2D eigenvalue weighted by Gasteiger charge is 2.44. The van der Waals surface area contributed by atoms with Gasteiger partial charge in [-0.1, -0.05) is 20.8 Å². The van der Waals surface area contributed by atoms with Crippen LogP contribution in [0.2, 0.25) is 18.1 Å². The number of nitrogens with zero attached hydrogens (tertiary/aromatic N) is 1. The summed E-state index contributed by atoms with van der Waals surface area (Å²) in [6.07, 6.45) is -1.35. The Morgan fingerprint density at radius 2 is 1.67 bits per heavy atom. The molecule has 0 aromatic carbocycles. The predicted molar refractivity (Wildman–Crippen MR) is 85.9 cm³/mol. The fourth-order valence-electron chi connectivity index (χ4n) is 1.90. The predicted octanol–water partition coefficient (Wildman–Crippen LogP) is 2.99. The van der Waals surface area contributed by atoms with Crippen LogP contribution in [0.15, 0.2) is 0 Å². The first kappa shape index (κ1) is 18.5. The number of amides is 1. The molecule has 0 unspecified atom stereocenters. The molecule has 2 atom stereocenters. The number of likely N-dealkylation sites (tertiary alicyclic amines) is 1. The molecule has 1 saturated heterocycles. The molecule has 0 aliphatic carbocycles. The van der Waals surface area contributed by atoms with Crippen LogP contribution in [0.4, 0.5) is 4.79 Å². The van der Waals surface area contributed by atoms with Crippen LogP contribution in [0.25, 0.3) is 0 Å². The molecule has 0 aromatic heterocycles. The van der Waals surface area contributed by atoms with Crippen LogP contribution in [0, 0.1) is 0 Å². The highest BCUT2D eigenvalue weighted by Crippen LogP contribution is 2.38. The maximum absolute atomic E-state index is 12.1. The number of aliphatic hydroxyl groups is 1. The average molecular weight is 318 g/mol. The molecule has 0 bridgehead atoms. The summed E-state index contributed by atoms with van der Waals surface area (Å²) in [5.41, 5.74) is -0.527. The monoisotopic (exact) mass is 317 g/mol. The normalized spacial score (nSPS) is 24.3. The first-order chi connectivity index (χ1) is 9.23. The number of rotatable bonds is 2. The van der Waals surface area contributed by atoms with Crippen molar-refractivity contribution >= 4 is 14.4 Å². The number of aliphatic hydroxyl groups excluding tert-OH is 1. The quantitative estimate of drug-likeness (QED) is 0.795. The summed E-state index contributed by atoms with van der Waals surface area (Å²) in [6.45, 7) is 16.9. The highest BCUT2D eigenvalue weighted by atomic mass is 28.4. The standard InChI is InChI=1S/C15H31NO4Si/c1-14(2,3)19-13(18)16-9-11(17)12(10-16)20-21(7,8)15(4,5)6/h11-12,17H,9-10H2,1-8H3/t11-,12-/m0/s1. The Kier molecular flexibility index (Phi) is 5.18. The molecule has 0 saturated carbocycles.